The summed E-state index contributed by atoms with van der Waals surface area (Å²) in [5.74, 6) is 0. The molecule has 1 unspecified atom stereocenters. The summed E-state index contributed by atoms with van der Waals surface area (Å²) in [7, 11) is -2.11. The molecule has 1 rings (SSSR count). The van der Waals surface area contributed by atoms with Crippen molar-refractivity contribution in [2.75, 3.05) is 13.6 Å². The Morgan fingerprint density at radius 2 is 1.94 bits per heavy atom. The molecular weight excluding hydrogens is 252 g/mol. The molecule has 0 bridgehead atoms. The molecule has 1 N–H and O–H groups in total. The van der Waals surface area contributed by atoms with E-state index in [1.807, 2.05) is 6.07 Å². The first-order chi connectivity index (χ1) is 8.39. The van der Waals surface area contributed by atoms with Gasteiger partial charge in [-0.25, -0.2) is 8.42 Å². The van der Waals surface area contributed by atoms with Crippen molar-refractivity contribution in [1.29, 1.82) is 5.26 Å². The van der Waals surface area contributed by atoms with Gasteiger partial charge in [-0.15, -0.1) is 0 Å². The monoisotopic (exact) mass is 268 g/mol. The molecule has 0 aliphatic rings. The predicted molar refractivity (Wildman–Crippen MR) is 67.1 cm³/mol. The fraction of sp³-hybridized carbons (Fsp3) is 0.417. The third-order valence-electron chi connectivity index (χ3n) is 2.61. The summed E-state index contributed by atoms with van der Waals surface area (Å²) in [6.07, 6.45) is -0.473. The van der Waals surface area contributed by atoms with Gasteiger partial charge < -0.3 is 5.11 Å². The average molecular weight is 268 g/mol. The number of benzene rings is 1. The molecule has 0 saturated carbocycles. The molecule has 18 heavy (non-hydrogen) atoms. The lowest BCUT2D eigenvalue weighted by atomic mass is 10.1. The molecule has 0 heterocycles. The van der Waals surface area contributed by atoms with Gasteiger partial charge >= 0.3 is 0 Å². The standard InChI is InChI=1S/C12H16N2O3S/c1-10(15)11-4-6-12(7-5-11)18(16,17)14(2)9-3-8-13/h4-7,10,15H,3,9H2,1-2H3. The van der Waals surface area contributed by atoms with Gasteiger partial charge in [0.15, 0.2) is 0 Å². The normalized spacial score (nSPS) is 13.3. The first-order valence-corrected chi connectivity index (χ1v) is 6.95. The van der Waals surface area contributed by atoms with Gasteiger partial charge in [0.1, 0.15) is 0 Å². The van der Waals surface area contributed by atoms with E-state index in [0.29, 0.717) is 5.56 Å². The zero-order valence-corrected chi connectivity index (χ0v) is 11.2. The summed E-state index contributed by atoms with van der Waals surface area (Å²) >= 11 is 0. The van der Waals surface area contributed by atoms with E-state index in [0.717, 1.165) is 4.31 Å². The van der Waals surface area contributed by atoms with Crippen molar-refractivity contribution in [3.63, 3.8) is 0 Å². The lowest BCUT2D eigenvalue weighted by molar-refractivity contribution is 0.199. The average Bonchev–Trinajstić information content (AvgIpc) is 2.35. The third kappa shape index (κ3) is 3.29. The summed E-state index contributed by atoms with van der Waals surface area (Å²) in [5, 5.41) is 17.8. The number of nitrogens with zero attached hydrogens (tertiary/aromatic N) is 2. The highest BCUT2D eigenvalue weighted by molar-refractivity contribution is 7.89. The SMILES string of the molecule is CC(O)c1ccc(S(=O)(=O)N(C)CCC#N)cc1. The van der Waals surface area contributed by atoms with Crippen LogP contribution in [0.15, 0.2) is 29.2 Å². The van der Waals surface area contributed by atoms with Crippen LogP contribution in [0.25, 0.3) is 0 Å². The van der Waals surface area contributed by atoms with E-state index in [1.165, 1.54) is 19.2 Å². The number of rotatable bonds is 5. The van der Waals surface area contributed by atoms with Crippen LogP contribution in [-0.4, -0.2) is 31.4 Å². The Labute approximate surface area is 107 Å². The van der Waals surface area contributed by atoms with Crippen LogP contribution in [0.4, 0.5) is 0 Å². The van der Waals surface area contributed by atoms with Crippen LogP contribution in [0.3, 0.4) is 0 Å². The van der Waals surface area contributed by atoms with Crippen molar-refractivity contribution in [3.05, 3.63) is 29.8 Å². The van der Waals surface area contributed by atoms with Gasteiger partial charge in [-0.05, 0) is 24.6 Å². The van der Waals surface area contributed by atoms with Crippen LogP contribution < -0.4 is 0 Å². The van der Waals surface area contributed by atoms with Crippen LogP contribution in [0.1, 0.15) is 25.0 Å². The molecule has 0 amide bonds. The number of sulfonamides is 1. The summed E-state index contributed by atoms with van der Waals surface area (Å²) in [4.78, 5) is 0.160. The second-order valence-electron chi connectivity index (χ2n) is 3.98. The minimum atomic E-state index is -3.55. The Hall–Kier alpha value is -1.42. The smallest absolute Gasteiger partial charge is 0.242 e. The van der Waals surface area contributed by atoms with E-state index in [-0.39, 0.29) is 17.9 Å². The maximum absolute atomic E-state index is 12.1. The molecule has 0 radical (unpaired) electrons. The number of aliphatic hydroxyl groups excluding tert-OH is 1. The molecule has 0 aliphatic heterocycles. The number of hydrogen-bond donors (Lipinski definition) is 1. The van der Waals surface area contributed by atoms with Crippen molar-refractivity contribution < 1.29 is 13.5 Å². The molecule has 98 valence electrons. The number of hydrogen-bond acceptors (Lipinski definition) is 4. The van der Waals surface area contributed by atoms with Crippen molar-refractivity contribution in [2.24, 2.45) is 0 Å². The molecule has 0 spiro atoms. The van der Waals surface area contributed by atoms with Gasteiger partial charge in [0.2, 0.25) is 10.0 Å². The fourth-order valence-electron chi connectivity index (χ4n) is 1.43. The van der Waals surface area contributed by atoms with Crippen LogP contribution >= 0.6 is 0 Å². The van der Waals surface area contributed by atoms with Crippen molar-refractivity contribution in [3.8, 4) is 6.07 Å². The van der Waals surface area contributed by atoms with Crippen LogP contribution in [0, 0.1) is 11.3 Å². The van der Waals surface area contributed by atoms with E-state index in [1.54, 1.807) is 19.1 Å². The van der Waals surface area contributed by atoms with Gasteiger partial charge in [0.25, 0.3) is 0 Å². The van der Waals surface area contributed by atoms with Crippen molar-refractivity contribution in [1.82, 2.24) is 4.31 Å². The third-order valence-corrected chi connectivity index (χ3v) is 4.48. The van der Waals surface area contributed by atoms with E-state index < -0.39 is 16.1 Å². The summed E-state index contributed by atoms with van der Waals surface area (Å²) in [5.41, 5.74) is 0.661. The van der Waals surface area contributed by atoms with Crippen LogP contribution in [0.2, 0.25) is 0 Å². The zero-order valence-electron chi connectivity index (χ0n) is 10.4. The second-order valence-corrected chi connectivity index (χ2v) is 6.02. The van der Waals surface area contributed by atoms with Crippen LogP contribution in [0.5, 0.6) is 0 Å². The molecular formula is C12H16N2O3S. The molecule has 5 nitrogen and oxygen atoms in total. The Morgan fingerprint density at radius 1 is 1.39 bits per heavy atom. The molecule has 0 fully saturated rings. The topological polar surface area (TPSA) is 81.4 Å². The Bertz CT molecular complexity index is 529. The molecule has 1 aromatic carbocycles. The molecule has 0 aliphatic carbocycles. The van der Waals surface area contributed by atoms with Gasteiger partial charge in [0.05, 0.1) is 17.1 Å². The molecule has 0 saturated heterocycles. The quantitative estimate of drug-likeness (QED) is 0.872. The zero-order chi connectivity index (χ0) is 13.8. The highest BCUT2D eigenvalue weighted by Crippen LogP contribution is 2.18. The van der Waals surface area contributed by atoms with Crippen molar-refractivity contribution in [2.45, 2.75) is 24.3 Å². The van der Waals surface area contributed by atoms with E-state index in [4.69, 9.17) is 5.26 Å². The van der Waals surface area contributed by atoms with E-state index in [2.05, 4.69) is 0 Å². The van der Waals surface area contributed by atoms with Gasteiger partial charge in [0, 0.05) is 20.0 Å². The number of nitriles is 1. The second kappa shape index (κ2) is 5.96. The molecule has 6 heteroatoms. The lowest BCUT2D eigenvalue weighted by Gasteiger charge is -2.16. The molecule has 1 atom stereocenters. The van der Waals surface area contributed by atoms with Crippen LogP contribution in [-0.2, 0) is 10.0 Å². The van der Waals surface area contributed by atoms with E-state index in [9.17, 15) is 13.5 Å². The van der Waals surface area contributed by atoms with Gasteiger partial charge in [-0.1, -0.05) is 12.1 Å². The first kappa shape index (κ1) is 14.6. The maximum atomic E-state index is 12.1. The Balaban J connectivity index is 2.95. The van der Waals surface area contributed by atoms with Crippen molar-refractivity contribution >= 4 is 10.0 Å². The molecule has 0 aromatic heterocycles. The maximum Gasteiger partial charge on any atom is 0.242 e. The summed E-state index contributed by atoms with van der Waals surface area (Å²) < 4.78 is 25.3. The minimum Gasteiger partial charge on any atom is -0.389 e. The van der Waals surface area contributed by atoms with E-state index >= 15 is 0 Å². The molecule has 1 aromatic rings. The minimum absolute atomic E-state index is 0.154. The highest BCUT2D eigenvalue weighted by atomic mass is 32.2. The number of aliphatic hydroxyl groups is 1. The highest BCUT2D eigenvalue weighted by Gasteiger charge is 2.20. The summed E-state index contributed by atoms with van der Waals surface area (Å²) in [6, 6.07) is 7.98. The fourth-order valence-corrected chi connectivity index (χ4v) is 2.60. The largest absolute Gasteiger partial charge is 0.389 e. The first-order valence-electron chi connectivity index (χ1n) is 5.51. The van der Waals surface area contributed by atoms with Gasteiger partial charge in [-0.2, -0.15) is 9.57 Å². The Kier molecular flexibility index (Phi) is 4.84. The summed E-state index contributed by atoms with van der Waals surface area (Å²) in [6.45, 7) is 1.78. The lowest BCUT2D eigenvalue weighted by Crippen LogP contribution is -2.27. The van der Waals surface area contributed by atoms with Gasteiger partial charge in [-0.3, -0.25) is 0 Å². The predicted octanol–water partition coefficient (Wildman–Crippen LogP) is 1.27. The Morgan fingerprint density at radius 3 is 2.39 bits per heavy atom.